The Morgan fingerprint density at radius 1 is 1.14 bits per heavy atom. The minimum atomic E-state index is 0.0137. The molecule has 1 saturated heterocycles. The molecule has 2 aliphatic rings. The van der Waals surface area contributed by atoms with Crippen LogP contribution >= 0.6 is 11.3 Å². The highest BCUT2D eigenvalue weighted by atomic mass is 32.1. The number of aromatic nitrogens is 2. The molecular formula is C21H24N4O3S. The Kier molecular flexibility index (Phi) is 4.46. The van der Waals surface area contributed by atoms with Crippen molar-refractivity contribution >= 4 is 33.4 Å². The maximum atomic E-state index is 13.2. The van der Waals surface area contributed by atoms with Crippen molar-refractivity contribution in [1.29, 1.82) is 0 Å². The van der Waals surface area contributed by atoms with Crippen LogP contribution < -0.4 is 0 Å². The highest BCUT2D eigenvalue weighted by Gasteiger charge is 2.35. The number of nitrogens with zero attached hydrogens (tertiary/aromatic N) is 4. The summed E-state index contributed by atoms with van der Waals surface area (Å²) < 4.78 is 8.35. The van der Waals surface area contributed by atoms with Crippen molar-refractivity contribution in [2.24, 2.45) is 0 Å². The summed E-state index contributed by atoms with van der Waals surface area (Å²) in [5, 5.41) is 4.49. The average molecular weight is 413 g/mol. The summed E-state index contributed by atoms with van der Waals surface area (Å²) in [7, 11) is 0. The molecule has 1 aliphatic carbocycles. The standard InChI is InChI=1S/C21H24N4O3S/c1-13(2)25-19(14-3-4-14)15(12-22-25)20(26)23-6-8-24(9-7-23)21(27)18-11-16-17(29-18)5-10-28-16/h5,10-14H,3-4,6-9H2,1-2H3. The van der Waals surface area contributed by atoms with Gasteiger partial charge in [-0.2, -0.15) is 5.10 Å². The van der Waals surface area contributed by atoms with Gasteiger partial charge in [0.25, 0.3) is 11.8 Å². The molecule has 0 bridgehead atoms. The number of carbonyl (C=O) groups is 2. The second kappa shape index (κ2) is 7.02. The van der Waals surface area contributed by atoms with E-state index in [1.165, 1.54) is 11.3 Å². The Hall–Kier alpha value is -2.61. The molecule has 8 heteroatoms. The lowest BCUT2D eigenvalue weighted by Crippen LogP contribution is -2.50. The number of hydrogen-bond acceptors (Lipinski definition) is 5. The number of fused-ring (bicyclic) bond motifs is 1. The van der Waals surface area contributed by atoms with E-state index in [1.54, 1.807) is 12.5 Å². The predicted octanol–water partition coefficient (Wildman–Crippen LogP) is 3.75. The van der Waals surface area contributed by atoms with E-state index in [4.69, 9.17) is 4.42 Å². The molecule has 0 aromatic carbocycles. The Morgan fingerprint density at radius 2 is 1.83 bits per heavy atom. The predicted molar refractivity (Wildman–Crippen MR) is 110 cm³/mol. The van der Waals surface area contributed by atoms with E-state index < -0.39 is 0 Å². The fourth-order valence-electron chi connectivity index (χ4n) is 4.02. The van der Waals surface area contributed by atoms with Gasteiger partial charge in [-0.15, -0.1) is 11.3 Å². The Balaban J connectivity index is 1.27. The van der Waals surface area contributed by atoms with Crippen molar-refractivity contribution in [1.82, 2.24) is 19.6 Å². The zero-order valence-corrected chi connectivity index (χ0v) is 17.4. The highest BCUT2D eigenvalue weighted by molar-refractivity contribution is 7.20. The Morgan fingerprint density at radius 3 is 2.45 bits per heavy atom. The van der Waals surface area contributed by atoms with Gasteiger partial charge in [-0.1, -0.05) is 0 Å². The topological polar surface area (TPSA) is 71.6 Å². The molecule has 0 spiro atoms. The van der Waals surface area contributed by atoms with Crippen LogP contribution in [0.3, 0.4) is 0 Å². The average Bonchev–Trinajstić information content (AvgIpc) is 3.13. The molecule has 3 aromatic rings. The first kappa shape index (κ1) is 18.4. The number of rotatable bonds is 4. The van der Waals surface area contributed by atoms with Gasteiger partial charge in [0, 0.05) is 44.2 Å². The van der Waals surface area contributed by atoms with Crippen LogP contribution in [0.15, 0.2) is 29.0 Å². The second-order valence-corrected chi connectivity index (χ2v) is 9.18. The fourth-order valence-corrected chi connectivity index (χ4v) is 4.97. The van der Waals surface area contributed by atoms with Gasteiger partial charge >= 0.3 is 0 Å². The molecule has 0 atom stereocenters. The molecule has 0 unspecified atom stereocenters. The quantitative estimate of drug-likeness (QED) is 0.654. The van der Waals surface area contributed by atoms with Gasteiger partial charge < -0.3 is 14.2 Å². The zero-order chi connectivity index (χ0) is 20.1. The highest BCUT2D eigenvalue weighted by Crippen LogP contribution is 2.42. The van der Waals surface area contributed by atoms with Gasteiger partial charge in [-0.25, -0.2) is 0 Å². The van der Waals surface area contributed by atoms with E-state index in [0.29, 0.717) is 37.0 Å². The van der Waals surface area contributed by atoms with Crippen LogP contribution in [-0.2, 0) is 0 Å². The van der Waals surface area contributed by atoms with E-state index in [-0.39, 0.29) is 17.9 Å². The molecule has 2 fully saturated rings. The lowest BCUT2D eigenvalue weighted by Gasteiger charge is -2.34. The zero-order valence-electron chi connectivity index (χ0n) is 16.6. The number of amides is 2. The summed E-state index contributed by atoms with van der Waals surface area (Å²) in [5.41, 5.74) is 2.58. The molecule has 0 N–H and O–H groups in total. The first-order valence-corrected chi connectivity index (χ1v) is 11.0. The summed E-state index contributed by atoms with van der Waals surface area (Å²) >= 11 is 1.45. The first-order chi connectivity index (χ1) is 14.0. The summed E-state index contributed by atoms with van der Waals surface area (Å²) in [4.78, 5) is 30.4. The third-order valence-electron chi connectivity index (χ3n) is 5.72. The van der Waals surface area contributed by atoms with Crippen LogP contribution in [0.5, 0.6) is 0 Å². The molecular weight excluding hydrogens is 388 g/mol. The minimum Gasteiger partial charge on any atom is -0.463 e. The van der Waals surface area contributed by atoms with Crippen molar-refractivity contribution in [2.45, 2.75) is 38.6 Å². The molecule has 1 aliphatic heterocycles. The smallest absolute Gasteiger partial charge is 0.264 e. The van der Waals surface area contributed by atoms with Gasteiger partial charge in [-0.3, -0.25) is 14.3 Å². The van der Waals surface area contributed by atoms with Crippen LogP contribution in [0.2, 0.25) is 0 Å². The molecule has 3 aromatic heterocycles. The Labute approximate surface area is 172 Å². The number of piperazine rings is 1. The van der Waals surface area contributed by atoms with Crippen LogP contribution in [0.25, 0.3) is 10.3 Å². The number of carbonyl (C=O) groups excluding carboxylic acids is 2. The van der Waals surface area contributed by atoms with Crippen molar-refractivity contribution in [3.05, 3.63) is 40.7 Å². The molecule has 4 heterocycles. The van der Waals surface area contributed by atoms with Gasteiger partial charge in [0.2, 0.25) is 0 Å². The molecule has 29 heavy (non-hydrogen) atoms. The SMILES string of the molecule is CC(C)n1ncc(C(=O)N2CCN(C(=O)c3cc4occc4s3)CC2)c1C1CC1. The maximum Gasteiger partial charge on any atom is 0.264 e. The normalized spacial score (nSPS) is 17.5. The Bertz CT molecular complexity index is 1040. The summed E-state index contributed by atoms with van der Waals surface area (Å²) in [6, 6.07) is 3.93. The summed E-state index contributed by atoms with van der Waals surface area (Å²) in [6.45, 7) is 6.37. The van der Waals surface area contributed by atoms with E-state index in [1.807, 2.05) is 26.6 Å². The van der Waals surface area contributed by atoms with Gasteiger partial charge in [0.1, 0.15) is 5.58 Å². The summed E-state index contributed by atoms with van der Waals surface area (Å²) in [6.07, 6.45) is 5.63. The lowest BCUT2D eigenvalue weighted by molar-refractivity contribution is 0.0537. The van der Waals surface area contributed by atoms with Gasteiger partial charge in [-0.05, 0) is 32.8 Å². The largest absolute Gasteiger partial charge is 0.463 e. The molecule has 2 amide bonds. The number of thiophene rings is 1. The van der Waals surface area contributed by atoms with Gasteiger partial charge in [0.05, 0.1) is 33.3 Å². The van der Waals surface area contributed by atoms with E-state index in [2.05, 4.69) is 18.9 Å². The molecule has 1 saturated carbocycles. The third-order valence-corrected chi connectivity index (χ3v) is 6.79. The number of hydrogen-bond donors (Lipinski definition) is 0. The third kappa shape index (κ3) is 3.25. The molecule has 7 nitrogen and oxygen atoms in total. The lowest BCUT2D eigenvalue weighted by atomic mass is 10.1. The van der Waals surface area contributed by atoms with E-state index in [0.717, 1.165) is 34.4 Å². The van der Waals surface area contributed by atoms with E-state index >= 15 is 0 Å². The van der Waals surface area contributed by atoms with Crippen molar-refractivity contribution in [3.63, 3.8) is 0 Å². The second-order valence-electron chi connectivity index (χ2n) is 8.10. The van der Waals surface area contributed by atoms with Crippen LogP contribution in [0.1, 0.15) is 64.4 Å². The van der Waals surface area contributed by atoms with Crippen molar-refractivity contribution in [3.8, 4) is 0 Å². The monoisotopic (exact) mass is 412 g/mol. The van der Waals surface area contributed by atoms with Crippen molar-refractivity contribution < 1.29 is 14.0 Å². The van der Waals surface area contributed by atoms with Crippen LogP contribution in [0, 0.1) is 0 Å². The summed E-state index contributed by atoms with van der Waals surface area (Å²) in [5.74, 6) is 0.512. The first-order valence-electron chi connectivity index (χ1n) is 10.2. The van der Waals surface area contributed by atoms with E-state index in [9.17, 15) is 9.59 Å². The van der Waals surface area contributed by atoms with Crippen molar-refractivity contribution in [2.75, 3.05) is 26.2 Å². The van der Waals surface area contributed by atoms with Crippen LogP contribution in [-0.4, -0.2) is 57.6 Å². The fraction of sp³-hybridized carbons (Fsp3) is 0.476. The molecule has 152 valence electrons. The van der Waals surface area contributed by atoms with Gasteiger partial charge in [0.15, 0.2) is 0 Å². The minimum absolute atomic E-state index is 0.0137. The number of furan rings is 1. The molecule has 0 radical (unpaired) electrons. The van der Waals surface area contributed by atoms with Crippen LogP contribution in [0.4, 0.5) is 0 Å². The molecule has 5 rings (SSSR count). The maximum absolute atomic E-state index is 13.2.